The van der Waals surface area contributed by atoms with E-state index in [-0.39, 0.29) is 18.6 Å². The summed E-state index contributed by atoms with van der Waals surface area (Å²) in [7, 11) is 0. The topological polar surface area (TPSA) is 78.9 Å². The highest BCUT2D eigenvalue weighted by Crippen LogP contribution is 2.12. The molecule has 0 spiro atoms. The van der Waals surface area contributed by atoms with E-state index in [1.807, 2.05) is 6.92 Å². The average molecular weight is 272 g/mol. The Bertz CT molecular complexity index is 322. The predicted octanol–water partition coefficient (Wildman–Crippen LogP) is 0.465. The Morgan fingerprint density at radius 2 is 2.16 bits per heavy atom. The molecule has 0 bridgehead atoms. The highest BCUT2D eigenvalue weighted by atomic mass is 16.5. The lowest BCUT2D eigenvalue weighted by Crippen LogP contribution is -2.58. The van der Waals surface area contributed by atoms with Gasteiger partial charge in [-0.05, 0) is 20.3 Å². The zero-order valence-corrected chi connectivity index (χ0v) is 11.9. The first-order valence-corrected chi connectivity index (χ1v) is 6.84. The second-order valence-corrected chi connectivity index (χ2v) is 5.04. The number of amides is 1. The van der Waals surface area contributed by atoms with E-state index >= 15 is 0 Å². The van der Waals surface area contributed by atoms with Crippen molar-refractivity contribution < 1.29 is 19.4 Å². The number of hydrogen-bond acceptors (Lipinski definition) is 4. The normalized spacial score (nSPS) is 23.6. The molecule has 110 valence electrons. The number of carbonyl (C=O) groups excluding carboxylic acids is 1. The molecule has 0 aromatic rings. The number of carboxylic acid groups (broad SMARTS) is 1. The molecule has 1 heterocycles. The van der Waals surface area contributed by atoms with E-state index in [9.17, 15) is 9.59 Å². The first-order valence-electron chi connectivity index (χ1n) is 6.84. The summed E-state index contributed by atoms with van der Waals surface area (Å²) in [5, 5.41) is 12.1. The number of nitrogens with one attached hydrogen (secondary N) is 1. The van der Waals surface area contributed by atoms with Crippen molar-refractivity contribution in [2.75, 3.05) is 19.8 Å². The molecule has 1 amide bonds. The number of carbonyl (C=O) groups is 2. The minimum atomic E-state index is -0.944. The van der Waals surface area contributed by atoms with Crippen LogP contribution in [0.1, 0.15) is 33.6 Å². The molecule has 0 saturated carbocycles. The molecule has 0 aliphatic carbocycles. The van der Waals surface area contributed by atoms with E-state index in [2.05, 4.69) is 12.2 Å². The summed E-state index contributed by atoms with van der Waals surface area (Å²) in [6, 6.07) is -1.08. The van der Waals surface area contributed by atoms with Gasteiger partial charge in [0.15, 0.2) is 0 Å². The van der Waals surface area contributed by atoms with Gasteiger partial charge in [0.1, 0.15) is 6.04 Å². The molecule has 6 heteroatoms. The number of aliphatic carboxylic acids is 1. The van der Waals surface area contributed by atoms with Gasteiger partial charge in [-0.2, -0.15) is 0 Å². The summed E-state index contributed by atoms with van der Waals surface area (Å²) >= 11 is 0. The van der Waals surface area contributed by atoms with Crippen molar-refractivity contribution in [3.05, 3.63) is 0 Å². The summed E-state index contributed by atoms with van der Waals surface area (Å²) < 4.78 is 5.17. The number of rotatable bonds is 6. The Balaban J connectivity index is 2.60. The van der Waals surface area contributed by atoms with Crippen molar-refractivity contribution in [1.29, 1.82) is 0 Å². The van der Waals surface area contributed by atoms with Crippen LogP contribution in [0.2, 0.25) is 0 Å². The highest BCUT2D eigenvalue weighted by molar-refractivity contribution is 5.83. The van der Waals surface area contributed by atoms with Crippen molar-refractivity contribution in [2.24, 2.45) is 0 Å². The van der Waals surface area contributed by atoms with Crippen LogP contribution in [0.4, 0.5) is 0 Å². The smallest absolute Gasteiger partial charge is 0.323 e. The Labute approximate surface area is 114 Å². The molecule has 0 aromatic heterocycles. The molecule has 1 rings (SSSR count). The molecule has 19 heavy (non-hydrogen) atoms. The molecule has 3 atom stereocenters. The van der Waals surface area contributed by atoms with Gasteiger partial charge in [0.25, 0.3) is 0 Å². The molecule has 6 nitrogen and oxygen atoms in total. The molecule has 0 radical (unpaired) electrons. The number of hydrogen-bond donors (Lipinski definition) is 2. The third-order valence-electron chi connectivity index (χ3n) is 3.44. The van der Waals surface area contributed by atoms with Crippen LogP contribution >= 0.6 is 0 Å². The van der Waals surface area contributed by atoms with Crippen LogP contribution in [0.15, 0.2) is 0 Å². The van der Waals surface area contributed by atoms with E-state index in [0.29, 0.717) is 13.2 Å². The number of carboxylic acids is 1. The van der Waals surface area contributed by atoms with Gasteiger partial charge < -0.3 is 15.2 Å². The Morgan fingerprint density at radius 3 is 2.74 bits per heavy atom. The monoisotopic (exact) mass is 272 g/mol. The third kappa shape index (κ3) is 4.47. The van der Waals surface area contributed by atoms with Crippen LogP contribution < -0.4 is 5.32 Å². The summed E-state index contributed by atoms with van der Waals surface area (Å²) in [5.74, 6) is -1.06. The standard InChI is InChI=1S/C13H24N2O4/c1-4-5-9(2)14-12(16)10(3)15-6-7-19-8-11(15)13(17)18/h9-11H,4-8H2,1-3H3,(H,14,16)(H,17,18). The Hall–Kier alpha value is -1.14. The van der Waals surface area contributed by atoms with Crippen molar-refractivity contribution in [2.45, 2.75) is 51.7 Å². The van der Waals surface area contributed by atoms with Gasteiger partial charge >= 0.3 is 5.97 Å². The lowest BCUT2D eigenvalue weighted by molar-refractivity contribution is -0.153. The molecule has 0 aromatic carbocycles. The van der Waals surface area contributed by atoms with Crippen LogP contribution in [0.25, 0.3) is 0 Å². The summed E-state index contributed by atoms with van der Waals surface area (Å²) in [4.78, 5) is 25.0. The molecular weight excluding hydrogens is 248 g/mol. The maximum absolute atomic E-state index is 12.1. The van der Waals surface area contributed by atoms with Crippen LogP contribution in [0, 0.1) is 0 Å². The van der Waals surface area contributed by atoms with Gasteiger partial charge in [-0.15, -0.1) is 0 Å². The number of morpholine rings is 1. The van der Waals surface area contributed by atoms with Gasteiger partial charge in [-0.3, -0.25) is 14.5 Å². The fraction of sp³-hybridized carbons (Fsp3) is 0.846. The van der Waals surface area contributed by atoms with E-state index < -0.39 is 18.1 Å². The van der Waals surface area contributed by atoms with Gasteiger partial charge in [0, 0.05) is 12.6 Å². The lowest BCUT2D eigenvalue weighted by Gasteiger charge is -2.36. The fourth-order valence-corrected chi connectivity index (χ4v) is 2.31. The quantitative estimate of drug-likeness (QED) is 0.734. The van der Waals surface area contributed by atoms with Gasteiger partial charge in [0.2, 0.25) is 5.91 Å². The molecule has 2 N–H and O–H groups in total. The molecule has 1 saturated heterocycles. The van der Waals surface area contributed by atoms with Crippen molar-refractivity contribution in [1.82, 2.24) is 10.2 Å². The molecule has 1 aliphatic rings. The molecular formula is C13H24N2O4. The maximum atomic E-state index is 12.1. The number of nitrogens with zero attached hydrogens (tertiary/aromatic N) is 1. The maximum Gasteiger partial charge on any atom is 0.323 e. The van der Waals surface area contributed by atoms with Crippen molar-refractivity contribution in [3.63, 3.8) is 0 Å². The summed E-state index contributed by atoms with van der Waals surface area (Å²) in [6.45, 7) is 6.84. The second kappa shape index (κ2) is 7.45. The largest absolute Gasteiger partial charge is 0.480 e. The molecule has 1 fully saturated rings. The van der Waals surface area contributed by atoms with Gasteiger partial charge in [-0.1, -0.05) is 13.3 Å². The minimum Gasteiger partial charge on any atom is -0.480 e. The van der Waals surface area contributed by atoms with Crippen LogP contribution in [0.5, 0.6) is 0 Å². The average Bonchev–Trinajstić information content (AvgIpc) is 2.37. The molecule has 1 aliphatic heterocycles. The summed E-state index contributed by atoms with van der Waals surface area (Å²) in [5.41, 5.74) is 0. The Morgan fingerprint density at radius 1 is 1.47 bits per heavy atom. The third-order valence-corrected chi connectivity index (χ3v) is 3.44. The van der Waals surface area contributed by atoms with Crippen molar-refractivity contribution >= 4 is 11.9 Å². The first-order chi connectivity index (χ1) is 8.97. The predicted molar refractivity (Wildman–Crippen MR) is 70.9 cm³/mol. The fourth-order valence-electron chi connectivity index (χ4n) is 2.31. The Kier molecular flexibility index (Phi) is 6.24. The molecule has 3 unspecified atom stereocenters. The van der Waals surface area contributed by atoms with Gasteiger partial charge in [0.05, 0.1) is 19.3 Å². The summed E-state index contributed by atoms with van der Waals surface area (Å²) in [6.07, 6.45) is 1.93. The van der Waals surface area contributed by atoms with Crippen LogP contribution in [-0.2, 0) is 14.3 Å². The second-order valence-electron chi connectivity index (χ2n) is 5.04. The van der Waals surface area contributed by atoms with E-state index in [1.165, 1.54) is 0 Å². The van der Waals surface area contributed by atoms with Crippen molar-refractivity contribution in [3.8, 4) is 0 Å². The minimum absolute atomic E-state index is 0.115. The lowest BCUT2D eigenvalue weighted by atomic mass is 10.1. The highest BCUT2D eigenvalue weighted by Gasteiger charge is 2.35. The van der Waals surface area contributed by atoms with Crippen LogP contribution in [-0.4, -0.2) is 59.8 Å². The van der Waals surface area contributed by atoms with E-state index in [1.54, 1.807) is 11.8 Å². The van der Waals surface area contributed by atoms with Crippen LogP contribution in [0.3, 0.4) is 0 Å². The first kappa shape index (κ1) is 15.9. The zero-order valence-electron chi connectivity index (χ0n) is 11.9. The van der Waals surface area contributed by atoms with Gasteiger partial charge in [-0.25, -0.2) is 0 Å². The van der Waals surface area contributed by atoms with E-state index in [4.69, 9.17) is 9.84 Å². The van der Waals surface area contributed by atoms with E-state index in [0.717, 1.165) is 12.8 Å². The SMILES string of the molecule is CCCC(C)NC(=O)C(C)N1CCOCC1C(=O)O. The number of ether oxygens (including phenoxy) is 1. The zero-order chi connectivity index (χ0) is 14.4.